The lowest BCUT2D eigenvalue weighted by molar-refractivity contribution is 0.629. The number of nitrogens with zero attached hydrogens (tertiary/aromatic N) is 3. The number of halogens is 3. The number of hydrogen-bond acceptors (Lipinski definition) is 2. The Morgan fingerprint density at radius 1 is 1.09 bits per heavy atom. The van der Waals surface area contributed by atoms with Gasteiger partial charge in [0.05, 0.1) is 10.6 Å². The summed E-state index contributed by atoms with van der Waals surface area (Å²) in [6.07, 6.45) is 0. The first kappa shape index (κ1) is 16.0. The van der Waals surface area contributed by atoms with Crippen molar-refractivity contribution < 1.29 is 4.39 Å². The molecule has 1 unspecified atom stereocenters. The molecular weight excluding hydrogens is 336 g/mol. The summed E-state index contributed by atoms with van der Waals surface area (Å²) >= 11 is 12.0. The molecule has 0 saturated heterocycles. The maximum atomic E-state index is 14.1. The Labute approximate surface area is 143 Å². The molecule has 1 aromatic heterocycles. The van der Waals surface area contributed by atoms with E-state index in [0.29, 0.717) is 10.0 Å². The fourth-order valence-corrected chi connectivity index (χ4v) is 2.86. The van der Waals surface area contributed by atoms with Gasteiger partial charge >= 0.3 is 0 Å². The topological polar surface area (TPSA) is 30.7 Å². The first-order chi connectivity index (χ1) is 11.0. The maximum Gasteiger partial charge on any atom is 0.185 e. The number of aryl methyl sites for hydroxylation is 1. The Kier molecular flexibility index (Phi) is 4.37. The van der Waals surface area contributed by atoms with Crippen LogP contribution >= 0.6 is 23.2 Å². The number of hydrogen-bond donors (Lipinski definition) is 0. The molecule has 0 fully saturated rings. The van der Waals surface area contributed by atoms with Crippen LogP contribution in [0.3, 0.4) is 0 Å². The van der Waals surface area contributed by atoms with Crippen LogP contribution in [0.15, 0.2) is 42.5 Å². The van der Waals surface area contributed by atoms with E-state index in [-0.39, 0.29) is 17.3 Å². The van der Waals surface area contributed by atoms with Crippen LogP contribution in [-0.2, 0) is 7.05 Å². The summed E-state index contributed by atoms with van der Waals surface area (Å²) in [5.74, 6) is 0.561. The van der Waals surface area contributed by atoms with Crippen molar-refractivity contribution in [3.8, 4) is 11.4 Å². The van der Waals surface area contributed by atoms with Gasteiger partial charge in [-0.1, -0.05) is 48.3 Å². The van der Waals surface area contributed by atoms with Gasteiger partial charge in [0, 0.05) is 18.0 Å². The molecule has 0 N–H and O–H groups in total. The van der Waals surface area contributed by atoms with Gasteiger partial charge in [-0.3, -0.25) is 4.68 Å². The standard InChI is InChI=1S/C17H14Cl2FN3/c1-10(11-6-8-12(18)9-7-11)17-21-16(22-23(17)2)15-13(19)4-3-5-14(15)20/h3-10H,1-2H3. The van der Waals surface area contributed by atoms with Gasteiger partial charge in [-0.2, -0.15) is 5.10 Å². The molecule has 118 valence electrons. The Morgan fingerprint density at radius 3 is 2.43 bits per heavy atom. The third kappa shape index (κ3) is 3.09. The molecule has 0 amide bonds. The number of benzene rings is 2. The van der Waals surface area contributed by atoms with E-state index in [1.807, 2.05) is 31.2 Å². The van der Waals surface area contributed by atoms with E-state index >= 15 is 0 Å². The molecule has 2 aromatic carbocycles. The lowest BCUT2D eigenvalue weighted by atomic mass is 10.0. The van der Waals surface area contributed by atoms with Gasteiger partial charge < -0.3 is 0 Å². The number of rotatable bonds is 3. The molecule has 0 aliphatic rings. The molecule has 23 heavy (non-hydrogen) atoms. The van der Waals surface area contributed by atoms with E-state index < -0.39 is 5.82 Å². The summed E-state index contributed by atoms with van der Waals surface area (Å²) in [5, 5.41) is 5.29. The van der Waals surface area contributed by atoms with E-state index in [1.165, 1.54) is 6.07 Å². The Hall–Kier alpha value is -1.91. The maximum absolute atomic E-state index is 14.1. The van der Waals surface area contributed by atoms with Crippen molar-refractivity contribution in [2.75, 3.05) is 0 Å². The highest BCUT2D eigenvalue weighted by Gasteiger charge is 2.20. The monoisotopic (exact) mass is 349 g/mol. The summed E-state index contributed by atoms with van der Waals surface area (Å²) < 4.78 is 15.7. The molecule has 3 rings (SSSR count). The quantitative estimate of drug-likeness (QED) is 0.660. The zero-order valence-electron chi connectivity index (χ0n) is 12.6. The summed E-state index contributed by atoms with van der Waals surface area (Å²) in [7, 11) is 1.78. The first-order valence-corrected chi connectivity index (χ1v) is 7.83. The van der Waals surface area contributed by atoms with Gasteiger partial charge in [0.25, 0.3) is 0 Å². The molecule has 6 heteroatoms. The predicted octanol–water partition coefficient (Wildman–Crippen LogP) is 5.08. The molecule has 0 saturated carbocycles. The SMILES string of the molecule is CC(c1ccc(Cl)cc1)c1nc(-c2c(F)cccc2Cl)nn1C. The molecule has 0 aliphatic carbocycles. The van der Waals surface area contributed by atoms with Crippen LogP contribution in [-0.4, -0.2) is 14.8 Å². The van der Waals surface area contributed by atoms with Crippen molar-refractivity contribution in [1.82, 2.24) is 14.8 Å². The lowest BCUT2D eigenvalue weighted by Gasteiger charge is -2.10. The van der Waals surface area contributed by atoms with Crippen LogP contribution in [0.25, 0.3) is 11.4 Å². The lowest BCUT2D eigenvalue weighted by Crippen LogP contribution is -2.05. The van der Waals surface area contributed by atoms with E-state index in [2.05, 4.69) is 10.1 Å². The van der Waals surface area contributed by atoms with Gasteiger partial charge in [0.1, 0.15) is 11.6 Å². The number of aromatic nitrogens is 3. The predicted molar refractivity (Wildman–Crippen MR) is 90.4 cm³/mol. The van der Waals surface area contributed by atoms with Crippen LogP contribution in [0.4, 0.5) is 4.39 Å². The molecule has 1 atom stereocenters. The van der Waals surface area contributed by atoms with Gasteiger partial charge in [-0.15, -0.1) is 0 Å². The largest absolute Gasteiger partial charge is 0.252 e. The molecule has 3 nitrogen and oxygen atoms in total. The van der Waals surface area contributed by atoms with Gasteiger partial charge in [0.15, 0.2) is 5.82 Å². The van der Waals surface area contributed by atoms with Crippen LogP contribution in [0.1, 0.15) is 24.2 Å². The van der Waals surface area contributed by atoms with Crippen molar-refractivity contribution >= 4 is 23.2 Å². The second-order valence-corrected chi connectivity index (χ2v) is 6.13. The first-order valence-electron chi connectivity index (χ1n) is 7.08. The average Bonchev–Trinajstić information content (AvgIpc) is 2.89. The zero-order valence-corrected chi connectivity index (χ0v) is 14.1. The molecule has 0 spiro atoms. The van der Waals surface area contributed by atoms with Crippen LogP contribution in [0.5, 0.6) is 0 Å². The van der Waals surface area contributed by atoms with Crippen molar-refractivity contribution in [2.45, 2.75) is 12.8 Å². The van der Waals surface area contributed by atoms with Crippen molar-refractivity contribution in [1.29, 1.82) is 0 Å². The van der Waals surface area contributed by atoms with Crippen LogP contribution < -0.4 is 0 Å². The average molecular weight is 350 g/mol. The fourth-order valence-electron chi connectivity index (χ4n) is 2.49. The van der Waals surface area contributed by atoms with Gasteiger partial charge in [-0.25, -0.2) is 9.37 Å². The van der Waals surface area contributed by atoms with Crippen molar-refractivity contribution in [3.05, 3.63) is 69.7 Å². The highest BCUT2D eigenvalue weighted by Crippen LogP contribution is 2.30. The third-order valence-corrected chi connectivity index (χ3v) is 4.31. The molecule has 1 heterocycles. The van der Waals surface area contributed by atoms with Gasteiger partial charge in [-0.05, 0) is 29.8 Å². The zero-order chi connectivity index (χ0) is 16.6. The molecule has 0 bridgehead atoms. The molecule has 3 aromatic rings. The molecule has 0 radical (unpaired) electrons. The smallest absolute Gasteiger partial charge is 0.185 e. The Balaban J connectivity index is 2.03. The van der Waals surface area contributed by atoms with Crippen molar-refractivity contribution in [3.63, 3.8) is 0 Å². The summed E-state index contributed by atoms with van der Waals surface area (Å²) in [6, 6.07) is 12.1. The minimum absolute atomic E-state index is 0.0101. The van der Waals surface area contributed by atoms with Crippen LogP contribution in [0.2, 0.25) is 10.0 Å². The third-order valence-electron chi connectivity index (χ3n) is 3.74. The van der Waals surface area contributed by atoms with Crippen LogP contribution in [0, 0.1) is 5.82 Å². The fraction of sp³-hybridized carbons (Fsp3) is 0.176. The minimum Gasteiger partial charge on any atom is -0.252 e. The van der Waals surface area contributed by atoms with Crippen molar-refractivity contribution in [2.24, 2.45) is 7.05 Å². The summed E-state index contributed by atoms with van der Waals surface area (Å²) in [4.78, 5) is 4.49. The summed E-state index contributed by atoms with van der Waals surface area (Å²) in [5.41, 5.74) is 1.27. The minimum atomic E-state index is -0.436. The second kappa shape index (κ2) is 6.30. The molecular formula is C17H14Cl2FN3. The Morgan fingerprint density at radius 2 is 1.78 bits per heavy atom. The second-order valence-electron chi connectivity index (χ2n) is 5.29. The van der Waals surface area contributed by atoms with E-state index in [0.717, 1.165) is 11.4 Å². The van der Waals surface area contributed by atoms with E-state index in [1.54, 1.807) is 23.9 Å². The highest BCUT2D eigenvalue weighted by atomic mass is 35.5. The highest BCUT2D eigenvalue weighted by molar-refractivity contribution is 6.33. The van der Waals surface area contributed by atoms with E-state index in [9.17, 15) is 4.39 Å². The van der Waals surface area contributed by atoms with E-state index in [4.69, 9.17) is 23.2 Å². The normalized spacial score (nSPS) is 12.4. The van der Waals surface area contributed by atoms with Gasteiger partial charge in [0.2, 0.25) is 0 Å². The summed E-state index contributed by atoms with van der Waals surface area (Å²) in [6.45, 7) is 2.01. The Bertz CT molecular complexity index is 823. The molecule has 0 aliphatic heterocycles.